The van der Waals surface area contributed by atoms with Crippen molar-refractivity contribution in [3.05, 3.63) is 23.8 Å². The maximum atomic E-state index is 11.2. The van der Waals surface area contributed by atoms with Crippen molar-refractivity contribution in [1.82, 2.24) is 0 Å². The standard InChI is InChI=1S/C15H22O5S/c1-18-12-7-8-15(19-2)14(9-12)13-6-4-5-11(13)10-20-21(3,16)17/h7-9,11,13H,4-6,10H2,1-3H3/t11-,13-/m1/s1. The van der Waals surface area contributed by atoms with Crippen LogP contribution in [0.2, 0.25) is 0 Å². The van der Waals surface area contributed by atoms with Crippen molar-refractivity contribution in [3.63, 3.8) is 0 Å². The quantitative estimate of drug-likeness (QED) is 0.755. The molecule has 1 saturated carbocycles. The molecule has 1 aromatic carbocycles. The van der Waals surface area contributed by atoms with Gasteiger partial charge in [-0.15, -0.1) is 0 Å². The highest BCUT2D eigenvalue weighted by atomic mass is 32.2. The molecular formula is C15H22O5S. The second kappa shape index (κ2) is 6.66. The van der Waals surface area contributed by atoms with E-state index in [2.05, 4.69) is 0 Å². The molecule has 0 unspecified atom stereocenters. The topological polar surface area (TPSA) is 61.8 Å². The van der Waals surface area contributed by atoms with Gasteiger partial charge in [0.2, 0.25) is 0 Å². The van der Waals surface area contributed by atoms with Gasteiger partial charge in [0.05, 0.1) is 27.1 Å². The lowest BCUT2D eigenvalue weighted by Crippen LogP contribution is -2.17. The molecule has 0 aromatic heterocycles. The summed E-state index contributed by atoms with van der Waals surface area (Å²) in [5, 5.41) is 0. The predicted octanol–water partition coefficient (Wildman–Crippen LogP) is 2.56. The van der Waals surface area contributed by atoms with E-state index in [1.165, 1.54) is 0 Å². The average Bonchev–Trinajstić information content (AvgIpc) is 2.92. The Bertz CT molecular complexity index is 582. The molecule has 1 aliphatic carbocycles. The largest absolute Gasteiger partial charge is 0.497 e. The molecule has 2 atom stereocenters. The van der Waals surface area contributed by atoms with Crippen molar-refractivity contribution in [1.29, 1.82) is 0 Å². The molecule has 0 N–H and O–H groups in total. The first-order chi connectivity index (χ1) is 9.94. The van der Waals surface area contributed by atoms with Crippen LogP contribution in [-0.2, 0) is 14.3 Å². The van der Waals surface area contributed by atoms with Gasteiger partial charge in [-0.2, -0.15) is 8.42 Å². The molecule has 2 rings (SSSR count). The first-order valence-corrected chi connectivity index (χ1v) is 8.82. The average molecular weight is 314 g/mol. The molecule has 1 aromatic rings. The van der Waals surface area contributed by atoms with E-state index in [-0.39, 0.29) is 18.4 Å². The fourth-order valence-corrected chi connectivity index (χ4v) is 3.41. The van der Waals surface area contributed by atoms with Crippen LogP contribution >= 0.6 is 0 Å². The molecule has 118 valence electrons. The Labute approximate surface area is 126 Å². The summed E-state index contributed by atoms with van der Waals surface area (Å²) in [6.07, 6.45) is 4.10. The number of benzene rings is 1. The summed E-state index contributed by atoms with van der Waals surface area (Å²) in [5.74, 6) is 2.00. The van der Waals surface area contributed by atoms with Gasteiger partial charge in [-0.25, -0.2) is 0 Å². The van der Waals surface area contributed by atoms with Crippen molar-refractivity contribution in [3.8, 4) is 11.5 Å². The Balaban J connectivity index is 2.22. The van der Waals surface area contributed by atoms with Crippen LogP contribution in [0.4, 0.5) is 0 Å². The summed E-state index contributed by atoms with van der Waals surface area (Å²) in [5.41, 5.74) is 1.07. The van der Waals surface area contributed by atoms with Gasteiger partial charge < -0.3 is 9.47 Å². The Hall–Kier alpha value is -1.27. The van der Waals surface area contributed by atoms with E-state index in [0.717, 1.165) is 42.6 Å². The lowest BCUT2D eigenvalue weighted by atomic mass is 9.88. The minimum Gasteiger partial charge on any atom is -0.497 e. The smallest absolute Gasteiger partial charge is 0.264 e. The van der Waals surface area contributed by atoms with Crippen molar-refractivity contribution in [2.75, 3.05) is 27.1 Å². The number of rotatable bonds is 6. The van der Waals surface area contributed by atoms with Crippen LogP contribution < -0.4 is 9.47 Å². The van der Waals surface area contributed by atoms with Crippen LogP contribution in [-0.4, -0.2) is 35.5 Å². The Kier molecular flexibility index (Phi) is 5.11. The third-order valence-electron chi connectivity index (χ3n) is 3.99. The Morgan fingerprint density at radius 3 is 2.57 bits per heavy atom. The van der Waals surface area contributed by atoms with Crippen LogP contribution in [0.5, 0.6) is 11.5 Å². The molecule has 0 bridgehead atoms. The fourth-order valence-electron chi connectivity index (χ4n) is 2.99. The molecule has 1 aliphatic rings. The fraction of sp³-hybridized carbons (Fsp3) is 0.600. The Morgan fingerprint density at radius 2 is 1.95 bits per heavy atom. The molecule has 0 radical (unpaired) electrons. The third kappa shape index (κ3) is 4.11. The summed E-state index contributed by atoms with van der Waals surface area (Å²) < 4.78 is 38.1. The molecule has 0 heterocycles. The van der Waals surface area contributed by atoms with Gasteiger partial charge in [0.15, 0.2) is 0 Å². The summed E-state index contributed by atoms with van der Waals surface area (Å²) >= 11 is 0. The summed E-state index contributed by atoms with van der Waals surface area (Å²) in [7, 11) is -0.131. The SMILES string of the molecule is COc1ccc(OC)c([C@@H]2CCC[C@@H]2COS(C)(=O)=O)c1. The van der Waals surface area contributed by atoms with Crippen molar-refractivity contribution in [2.45, 2.75) is 25.2 Å². The lowest BCUT2D eigenvalue weighted by molar-refractivity contribution is 0.244. The second-order valence-corrected chi connectivity index (χ2v) is 7.04. The lowest BCUT2D eigenvalue weighted by Gasteiger charge is -2.22. The molecule has 0 aliphatic heterocycles. The van der Waals surface area contributed by atoms with Crippen LogP contribution in [0.1, 0.15) is 30.7 Å². The predicted molar refractivity (Wildman–Crippen MR) is 80.4 cm³/mol. The highest BCUT2D eigenvalue weighted by Crippen LogP contribution is 2.44. The van der Waals surface area contributed by atoms with E-state index < -0.39 is 10.1 Å². The van der Waals surface area contributed by atoms with Gasteiger partial charge in [0.1, 0.15) is 11.5 Å². The summed E-state index contributed by atoms with van der Waals surface area (Å²) in [6.45, 7) is 0.226. The van der Waals surface area contributed by atoms with Crippen LogP contribution in [0.3, 0.4) is 0 Å². The van der Waals surface area contributed by atoms with E-state index in [0.29, 0.717) is 0 Å². The first kappa shape index (κ1) is 16.1. The van der Waals surface area contributed by atoms with Crippen molar-refractivity contribution >= 4 is 10.1 Å². The van der Waals surface area contributed by atoms with Gasteiger partial charge in [-0.3, -0.25) is 4.18 Å². The molecule has 0 amide bonds. The maximum Gasteiger partial charge on any atom is 0.264 e. The molecule has 1 fully saturated rings. The van der Waals surface area contributed by atoms with E-state index in [9.17, 15) is 8.42 Å². The molecule has 5 nitrogen and oxygen atoms in total. The molecule has 0 saturated heterocycles. The number of hydrogen-bond acceptors (Lipinski definition) is 5. The maximum absolute atomic E-state index is 11.2. The molecular weight excluding hydrogens is 292 g/mol. The van der Waals surface area contributed by atoms with Crippen molar-refractivity contribution < 1.29 is 22.1 Å². The molecule has 21 heavy (non-hydrogen) atoms. The van der Waals surface area contributed by atoms with Crippen LogP contribution in [0, 0.1) is 5.92 Å². The highest BCUT2D eigenvalue weighted by molar-refractivity contribution is 7.85. The zero-order valence-corrected chi connectivity index (χ0v) is 13.5. The van der Waals surface area contributed by atoms with Gasteiger partial charge in [0, 0.05) is 5.56 Å². The van der Waals surface area contributed by atoms with Gasteiger partial charge >= 0.3 is 0 Å². The summed E-state index contributed by atoms with van der Waals surface area (Å²) in [6, 6.07) is 5.72. The van der Waals surface area contributed by atoms with Crippen LogP contribution in [0.15, 0.2) is 18.2 Å². The first-order valence-electron chi connectivity index (χ1n) is 7.01. The van der Waals surface area contributed by atoms with Gasteiger partial charge in [-0.1, -0.05) is 6.42 Å². The third-order valence-corrected chi connectivity index (χ3v) is 4.56. The minimum absolute atomic E-state index is 0.181. The van der Waals surface area contributed by atoms with Gasteiger partial charge in [0.25, 0.3) is 10.1 Å². The number of ether oxygens (including phenoxy) is 2. The van der Waals surface area contributed by atoms with Gasteiger partial charge in [-0.05, 0) is 42.9 Å². The highest BCUT2D eigenvalue weighted by Gasteiger charge is 2.32. The Morgan fingerprint density at radius 1 is 1.19 bits per heavy atom. The monoisotopic (exact) mass is 314 g/mol. The normalized spacial score (nSPS) is 22.2. The zero-order chi connectivity index (χ0) is 15.5. The number of hydrogen-bond donors (Lipinski definition) is 0. The van der Waals surface area contributed by atoms with Crippen LogP contribution in [0.25, 0.3) is 0 Å². The van der Waals surface area contributed by atoms with Crippen molar-refractivity contribution in [2.24, 2.45) is 5.92 Å². The minimum atomic E-state index is -3.40. The van der Waals surface area contributed by atoms with E-state index in [1.54, 1.807) is 14.2 Å². The number of methoxy groups -OCH3 is 2. The molecule has 0 spiro atoms. The zero-order valence-electron chi connectivity index (χ0n) is 12.7. The van der Waals surface area contributed by atoms with E-state index in [1.807, 2.05) is 18.2 Å². The van der Waals surface area contributed by atoms with E-state index >= 15 is 0 Å². The second-order valence-electron chi connectivity index (χ2n) is 5.39. The summed E-state index contributed by atoms with van der Waals surface area (Å²) in [4.78, 5) is 0. The van der Waals surface area contributed by atoms with E-state index in [4.69, 9.17) is 13.7 Å². The molecule has 6 heteroatoms.